The Balaban J connectivity index is 1.16. The zero-order valence-corrected chi connectivity index (χ0v) is 20.0. The Kier molecular flexibility index (Phi) is 6.50. The number of fused-ring (bicyclic) bond motifs is 1. The minimum absolute atomic E-state index is 0.0738. The zero-order valence-electron chi connectivity index (χ0n) is 19.1. The van der Waals surface area contributed by atoms with Crippen LogP contribution in [-0.4, -0.2) is 47.2 Å². The van der Waals surface area contributed by atoms with Crippen molar-refractivity contribution in [2.75, 3.05) is 42.5 Å². The van der Waals surface area contributed by atoms with E-state index < -0.39 is 10.0 Å². The van der Waals surface area contributed by atoms with Gasteiger partial charge in [0.15, 0.2) is 11.5 Å². The molecule has 0 aromatic heterocycles. The van der Waals surface area contributed by atoms with Gasteiger partial charge < -0.3 is 19.7 Å². The van der Waals surface area contributed by atoms with Crippen molar-refractivity contribution in [3.05, 3.63) is 78.4 Å². The summed E-state index contributed by atoms with van der Waals surface area (Å²) in [7, 11) is -3.82. The van der Waals surface area contributed by atoms with Crippen LogP contribution in [0.2, 0.25) is 0 Å². The van der Waals surface area contributed by atoms with Crippen molar-refractivity contribution in [3.63, 3.8) is 0 Å². The lowest BCUT2D eigenvalue weighted by atomic mass is 10.1. The number of carbonyl (C=O) groups is 1. The average Bonchev–Trinajstić information content (AvgIpc) is 3.37. The summed E-state index contributed by atoms with van der Waals surface area (Å²) < 4.78 is 39.0. The Hall–Kier alpha value is -3.72. The smallest absolute Gasteiger partial charge is 0.262 e. The number of para-hydroxylation sites is 1. The molecule has 2 heterocycles. The number of benzene rings is 3. The molecule has 2 aliphatic rings. The van der Waals surface area contributed by atoms with Crippen LogP contribution >= 0.6 is 0 Å². The topological polar surface area (TPSA) is 97.0 Å². The number of ether oxygens (including phenoxy) is 2. The lowest BCUT2D eigenvalue weighted by Crippen LogP contribution is -2.31. The lowest BCUT2D eigenvalue weighted by Gasteiger charge is -2.19. The van der Waals surface area contributed by atoms with Crippen molar-refractivity contribution in [3.8, 4) is 11.5 Å². The van der Waals surface area contributed by atoms with Crippen LogP contribution in [0.3, 0.4) is 0 Å². The van der Waals surface area contributed by atoms with Crippen LogP contribution in [-0.2, 0) is 10.0 Å². The number of hydrogen-bond acceptors (Lipinski definition) is 6. The molecule has 0 radical (unpaired) electrons. The van der Waals surface area contributed by atoms with E-state index in [1.165, 1.54) is 17.8 Å². The molecule has 1 unspecified atom stereocenters. The van der Waals surface area contributed by atoms with E-state index in [1.807, 2.05) is 18.2 Å². The van der Waals surface area contributed by atoms with E-state index >= 15 is 0 Å². The fourth-order valence-electron chi connectivity index (χ4n) is 4.31. The van der Waals surface area contributed by atoms with Crippen LogP contribution < -0.4 is 24.4 Å². The van der Waals surface area contributed by atoms with Crippen molar-refractivity contribution in [1.82, 2.24) is 5.32 Å². The van der Waals surface area contributed by atoms with Gasteiger partial charge in [0.25, 0.3) is 15.9 Å². The Morgan fingerprint density at radius 1 is 0.943 bits per heavy atom. The van der Waals surface area contributed by atoms with E-state index in [-0.39, 0.29) is 10.8 Å². The van der Waals surface area contributed by atoms with Crippen molar-refractivity contribution < 1.29 is 22.7 Å². The summed E-state index contributed by atoms with van der Waals surface area (Å²) in [6.45, 7) is 3.29. The summed E-state index contributed by atoms with van der Waals surface area (Å²) in [5, 5.41) is 3.01. The second kappa shape index (κ2) is 9.87. The maximum absolute atomic E-state index is 12.8. The van der Waals surface area contributed by atoms with Crippen LogP contribution in [0.15, 0.2) is 77.7 Å². The van der Waals surface area contributed by atoms with E-state index in [4.69, 9.17) is 9.47 Å². The quantitative estimate of drug-likeness (QED) is 0.523. The van der Waals surface area contributed by atoms with Crippen LogP contribution in [0, 0.1) is 5.92 Å². The highest BCUT2D eigenvalue weighted by Crippen LogP contribution is 2.32. The summed E-state index contributed by atoms with van der Waals surface area (Å²) in [6.07, 6.45) is 1.02. The number of nitrogens with one attached hydrogen (secondary N) is 2. The summed E-state index contributed by atoms with van der Waals surface area (Å²) in [4.78, 5) is 15.0. The standard InChI is InChI=1S/C26H27N3O5S/c30-26(27-17-19-12-13-29(18-19)22-4-2-1-3-5-22)20-6-8-21(9-7-20)28-35(31,32)23-10-11-24-25(16-23)34-15-14-33-24/h1-11,16,19,28H,12-15,17-18H2,(H,27,30). The Labute approximate surface area is 204 Å². The molecule has 1 amide bonds. The number of carbonyl (C=O) groups excluding carboxylic acids is 1. The summed E-state index contributed by atoms with van der Waals surface area (Å²) >= 11 is 0. The molecular weight excluding hydrogens is 466 g/mol. The van der Waals surface area contributed by atoms with E-state index in [1.54, 1.807) is 30.3 Å². The van der Waals surface area contributed by atoms with Gasteiger partial charge in [0.05, 0.1) is 4.90 Å². The highest BCUT2D eigenvalue weighted by atomic mass is 32.2. The average molecular weight is 494 g/mol. The largest absolute Gasteiger partial charge is 0.486 e. The van der Waals surface area contributed by atoms with E-state index in [0.717, 1.165) is 19.5 Å². The molecule has 8 nitrogen and oxygen atoms in total. The van der Waals surface area contributed by atoms with Gasteiger partial charge in [0, 0.05) is 42.6 Å². The second-order valence-electron chi connectivity index (χ2n) is 8.63. The van der Waals surface area contributed by atoms with Crippen molar-refractivity contribution in [1.29, 1.82) is 0 Å². The molecule has 0 bridgehead atoms. The first-order valence-corrected chi connectivity index (χ1v) is 13.1. The molecule has 182 valence electrons. The van der Waals surface area contributed by atoms with Crippen LogP contribution in [0.1, 0.15) is 16.8 Å². The predicted molar refractivity (Wildman–Crippen MR) is 134 cm³/mol. The van der Waals surface area contributed by atoms with Crippen LogP contribution in [0.4, 0.5) is 11.4 Å². The summed E-state index contributed by atoms with van der Waals surface area (Å²) in [5.41, 5.74) is 2.05. The molecule has 35 heavy (non-hydrogen) atoms. The molecule has 0 aliphatic carbocycles. The van der Waals surface area contributed by atoms with Gasteiger partial charge in [-0.25, -0.2) is 8.42 Å². The molecule has 5 rings (SSSR count). The van der Waals surface area contributed by atoms with Gasteiger partial charge in [-0.1, -0.05) is 18.2 Å². The molecule has 1 saturated heterocycles. The first kappa shape index (κ1) is 23.0. The second-order valence-corrected chi connectivity index (χ2v) is 10.3. The highest BCUT2D eigenvalue weighted by molar-refractivity contribution is 7.92. The molecule has 0 saturated carbocycles. The Morgan fingerprint density at radius 2 is 1.69 bits per heavy atom. The molecule has 3 aromatic rings. The highest BCUT2D eigenvalue weighted by Gasteiger charge is 2.23. The fraction of sp³-hybridized carbons (Fsp3) is 0.269. The van der Waals surface area contributed by atoms with E-state index in [0.29, 0.717) is 48.4 Å². The van der Waals surface area contributed by atoms with Crippen molar-refractivity contribution in [2.45, 2.75) is 11.3 Å². The third-order valence-electron chi connectivity index (χ3n) is 6.18. The minimum Gasteiger partial charge on any atom is -0.486 e. The van der Waals surface area contributed by atoms with Gasteiger partial charge in [-0.3, -0.25) is 9.52 Å². The van der Waals surface area contributed by atoms with Crippen molar-refractivity contribution in [2.24, 2.45) is 5.92 Å². The molecule has 2 aliphatic heterocycles. The zero-order chi connectivity index (χ0) is 24.3. The third-order valence-corrected chi connectivity index (χ3v) is 7.56. The lowest BCUT2D eigenvalue weighted by molar-refractivity contribution is 0.0948. The molecule has 3 aromatic carbocycles. The first-order valence-electron chi connectivity index (χ1n) is 11.6. The van der Waals surface area contributed by atoms with Crippen molar-refractivity contribution >= 4 is 27.3 Å². The first-order chi connectivity index (χ1) is 17.0. The van der Waals surface area contributed by atoms with Gasteiger partial charge in [-0.2, -0.15) is 0 Å². The summed E-state index contributed by atoms with van der Waals surface area (Å²) in [6, 6.07) is 21.2. The monoisotopic (exact) mass is 493 g/mol. The van der Waals surface area contributed by atoms with Gasteiger partial charge in [-0.15, -0.1) is 0 Å². The molecule has 2 N–H and O–H groups in total. The van der Waals surface area contributed by atoms with Gasteiger partial charge in [0.1, 0.15) is 13.2 Å². The molecule has 1 fully saturated rings. The van der Waals surface area contributed by atoms with Crippen LogP contribution in [0.25, 0.3) is 0 Å². The number of nitrogens with zero attached hydrogens (tertiary/aromatic N) is 1. The number of amides is 1. The maximum atomic E-state index is 12.8. The Bertz CT molecular complexity index is 1300. The molecular formula is C26H27N3O5S. The Morgan fingerprint density at radius 3 is 2.46 bits per heavy atom. The minimum atomic E-state index is -3.82. The molecule has 1 atom stereocenters. The van der Waals surface area contributed by atoms with E-state index in [9.17, 15) is 13.2 Å². The number of rotatable bonds is 7. The van der Waals surface area contributed by atoms with Gasteiger partial charge >= 0.3 is 0 Å². The normalized spacial score (nSPS) is 17.1. The number of sulfonamides is 1. The predicted octanol–water partition coefficient (Wildman–Crippen LogP) is 3.51. The maximum Gasteiger partial charge on any atom is 0.262 e. The fourth-order valence-corrected chi connectivity index (χ4v) is 5.38. The van der Waals surface area contributed by atoms with Gasteiger partial charge in [0.2, 0.25) is 0 Å². The van der Waals surface area contributed by atoms with Crippen LogP contribution in [0.5, 0.6) is 11.5 Å². The number of hydrogen-bond donors (Lipinski definition) is 2. The number of anilines is 2. The molecule has 9 heteroatoms. The SMILES string of the molecule is O=C(NCC1CCN(c2ccccc2)C1)c1ccc(NS(=O)(=O)c2ccc3c(c2)OCCO3)cc1. The van der Waals surface area contributed by atoms with E-state index in [2.05, 4.69) is 27.1 Å². The third kappa shape index (κ3) is 5.35. The molecule has 0 spiro atoms. The summed E-state index contributed by atoms with van der Waals surface area (Å²) in [5.74, 6) is 1.14. The van der Waals surface area contributed by atoms with Gasteiger partial charge in [-0.05, 0) is 60.9 Å².